The summed E-state index contributed by atoms with van der Waals surface area (Å²) < 4.78 is 0. The van der Waals surface area contributed by atoms with E-state index < -0.39 is 0 Å². The van der Waals surface area contributed by atoms with E-state index in [1.807, 2.05) is 6.07 Å². The van der Waals surface area contributed by atoms with Crippen LogP contribution in [0.25, 0.3) is 0 Å². The number of hydrogen-bond acceptors (Lipinski definition) is 1. The van der Waals surface area contributed by atoms with Gasteiger partial charge in [0.25, 0.3) is 0 Å². The van der Waals surface area contributed by atoms with Crippen LogP contribution in [0.2, 0.25) is 5.02 Å². The highest BCUT2D eigenvalue weighted by Gasteiger charge is 2.13. The van der Waals surface area contributed by atoms with E-state index in [1.54, 1.807) is 0 Å². The molecule has 1 aliphatic rings. The van der Waals surface area contributed by atoms with Gasteiger partial charge in [-0.2, -0.15) is 0 Å². The minimum atomic E-state index is 0.596. The second kappa shape index (κ2) is 2.98. The van der Waals surface area contributed by atoms with Crippen molar-refractivity contribution in [2.24, 2.45) is 0 Å². The van der Waals surface area contributed by atoms with Gasteiger partial charge in [0.05, 0.1) is 0 Å². The van der Waals surface area contributed by atoms with E-state index in [0.29, 0.717) is 6.04 Å². The monoisotopic (exact) mass is 181 g/mol. The number of hydrogen-bond donors (Lipinski definition) is 1. The second-order valence-corrected chi connectivity index (χ2v) is 3.82. The largest absolute Gasteiger partial charge is 0.382 e. The molecule has 1 aromatic carbocycles. The Morgan fingerprint density at radius 1 is 1.50 bits per heavy atom. The summed E-state index contributed by atoms with van der Waals surface area (Å²) in [4.78, 5) is 0. The summed E-state index contributed by atoms with van der Waals surface area (Å²) >= 11 is 5.89. The quantitative estimate of drug-likeness (QED) is 0.649. The van der Waals surface area contributed by atoms with Crippen molar-refractivity contribution >= 4 is 17.3 Å². The number of aryl methyl sites for hydroxylation is 1. The molecule has 1 aliphatic heterocycles. The van der Waals surface area contributed by atoms with Crippen molar-refractivity contribution in [1.29, 1.82) is 0 Å². The molecule has 0 saturated carbocycles. The standard InChI is InChI=1S/C10H12ClN/c1-7-2-3-8-6-9(11)4-5-10(8)12-7/h4-7,12H,2-3H2,1H3/t7-/m0/s1. The highest BCUT2D eigenvalue weighted by molar-refractivity contribution is 6.30. The van der Waals surface area contributed by atoms with E-state index in [4.69, 9.17) is 11.6 Å². The zero-order chi connectivity index (χ0) is 8.55. The van der Waals surface area contributed by atoms with Gasteiger partial charge in [-0.3, -0.25) is 0 Å². The molecular formula is C10H12ClN. The summed E-state index contributed by atoms with van der Waals surface area (Å²) in [6.45, 7) is 2.21. The molecular weight excluding hydrogens is 170 g/mol. The SMILES string of the molecule is C[C@H]1CCc2cc(Cl)ccc2N1. The van der Waals surface area contributed by atoms with Gasteiger partial charge >= 0.3 is 0 Å². The Morgan fingerprint density at radius 2 is 2.33 bits per heavy atom. The Labute approximate surface area is 77.7 Å². The predicted octanol–water partition coefficient (Wildman–Crippen LogP) is 3.09. The van der Waals surface area contributed by atoms with Gasteiger partial charge in [0.1, 0.15) is 0 Å². The molecule has 0 bridgehead atoms. The maximum atomic E-state index is 5.89. The molecule has 0 fully saturated rings. The lowest BCUT2D eigenvalue weighted by Gasteiger charge is -2.23. The third-order valence-corrected chi connectivity index (χ3v) is 2.55. The third-order valence-electron chi connectivity index (χ3n) is 2.32. The van der Waals surface area contributed by atoms with Crippen LogP contribution in [-0.4, -0.2) is 6.04 Å². The van der Waals surface area contributed by atoms with E-state index in [1.165, 1.54) is 17.7 Å². The van der Waals surface area contributed by atoms with E-state index in [9.17, 15) is 0 Å². The van der Waals surface area contributed by atoms with Gasteiger partial charge in [0.2, 0.25) is 0 Å². The van der Waals surface area contributed by atoms with E-state index >= 15 is 0 Å². The lowest BCUT2D eigenvalue weighted by atomic mass is 9.99. The smallest absolute Gasteiger partial charge is 0.0410 e. The molecule has 0 unspecified atom stereocenters. The molecule has 1 aromatic rings. The number of nitrogens with one attached hydrogen (secondary N) is 1. The van der Waals surface area contributed by atoms with Crippen LogP contribution >= 0.6 is 11.6 Å². The Kier molecular flexibility index (Phi) is 1.97. The lowest BCUT2D eigenvalue weighted by molar-refractivity contribution is 0.681. The first-order valence-corrected chi connectivity index (χ1v) is 4.68. The number of benzene rings is 1. The second-order valence-electron chi connectivity index (χ2n) is 3.39. The van der Waals surface area contributed by atoms with Crippen molar-refractivity contribution in [3.63, 3.8) is 0 Å². The molecule has 1 nitrogen and oxygen atoms in total. The fraction of sp³-hybridized carbons (Fsp3) is 0.400. The summed E-state index contributed by atoms with van der Waals surface area (Å²) in [5.74, 6) is 0. The van der Waals surface area contributed by atoms with Gasteiger partial charge in [-0.1, -0.05) is 11.6 Å². The highest BCUT2D eigenvalue weighted by atomic mass is 35.5. The van der Waals surface area contributed by atoms with Crippen molar-refractivity contribution in [3.8, 4) is 0 Å². The van der Waals surface area contributed by atoms with E-state index in [0.717, 1.165) is 11.4 Å². The molecule has 0 spiro atoms. The van der Waals surface area contributed by atoms with Gasteiger partial charge in [-0.15, -0.1) is 0 Å². The van der Waals surface area contributed by atoms with E-state index in [-0.39, 0.29) is 0 Å². The number of halogens is 1. The summed E-state index contributed by atoms with van der Waals surface area (Å²) in [6, 6.07) is 6.65. The van der Waals surface area contributed by atoms with Crippen LogP contribution in [-0.2, 0) is 6.42 Å². The molecule has 1 N–H and O–H groups in total. The van der Waals surface area contributed by atoms with Crippen molar-refractivity contribution in [1.82, 2.24) is 0 Å². The van der Waals surface area contributed by atoms with Crippen LogP contribution in [0.4, 0.5) is 5.69 Å². The zero-order valence-corrected chi connectivity index (χ0v) is 7.86. The highest BCUT2D eigenvalue weighted by Crippen LogP contribution is 2.27. The molecule has 0 amide bonds. The normalized spacial score (nSPS) is 21.3. The Bertz CT molecular complexity index is 296. The van der Waals surface area contributed by atoms with Crippen molar-refractivity contribution < 1.29 is 0 Å². The molecule has 0 saturated heterocycles. The molecule has 1 heterocycles. The number of rotatable bonds is 0. The van der Waals surface area contributed by atoms with Crippen LogP contribution < -0.4 is 5.32 Å². The maximum absolute atomic E-state index is 5.89. The first kappa shape index (κ1) is 7.93. The first-order chi connectivity index (χ1) is 5.75. The van der Waals surface area contributed by atoms with Crippen LogP contribution in [0.1, 0.15) is 18.9 Å². The van der Waals surface area contributed by atoms with Gasteiger partial charge in [0.15, 0.2) is 0 Å². The average Bonchev–Trinajstić information content (AvgIpc) is 2.05. The number of fused-ring (bicyclic) bond motifs is 1. The predicted molar refractivity (Wildman–Crippen MR) is 52.9 cm³/mol. The molecule has 64 valence electrons. The molecule has 0 aliphatic carbocycles. The van der Waals surface area contributed by atoms with Crippen LogP contribution in [0, 0.1) is 0 Å². The molecule has 12 heavy (non-hydrogen) atoms. The summed E-state index contributed by atoms with van der Waals surface area (Å²) in [7, 11) is 0. The van der Waals surface area contributed by atoms with Crippen molar-refractivity contribution in [2.75, 3.05) is 5.32 Å². The van der Waals surface area contributed by atoms with Gasteiger partial charge < -0.3 is 5.32 Å². The summed E-state index contributed by atoms with van der Waals surface area (Å²) in [6.07, 6.45) is 2.34. The van der Waals surface area contributed by atoms with Crippen molar-refractivity contribution in [3.05, 3.63) is 28.8 Å². The topological polar surface area (TPSA) is 12.0 Å². The summed E-state index contributed by atoms with van der Waals surface area (Å²) in [5.41, 5.74) is 2.60. The van der Waals surface area contributed by atoms with Crippen molar-refractivity contribution in [2.45, 2.75) is 25.8 Å². The minimum Gasteiger partial charge on any atom is -0.382 e. The Balaban J connectivity index is 2.37. The molecule has 1 atom stereocenters. The third kappa shape index (κ3) is 1.42. The first-order valence-electron chi connectivity index (χ1n) is 4.30. The number of anilines is 1. The fourth-order valence-electron chi connectivity index (χ4n) is 1.62. The van der Waals surface area contributed by atoms with Gasteiger partial charge in [-0.05, 0) is 43.5 Å². The summed E-state index contributed by atoms with van der Waals surface area (Å²) in [5, 5.41) is 4.27. The molecule has 2 rings (SSSR count). The van der Waals surface area contributed by atoms with Crippen LogP contribution in [0.3, 0.4) is 0 Å². The van der Waals surface area contributed by atoms with Gasteiger partial charge in [0, 0.05) is 16.8 Å². The van der Waals surface area contributed by atoms with Crippen LogP contribution in [0.15, 0.2) is 18.2 Å². The maximum Gasteiger partial charge on any atom is 0.0410 e. The fourth-order valence-corrected chi connectivity index (χ4v) is 1.81. The molecule has 0 radical (unpaired) electrons. The minimum absolute atomic E-state index is 0.596. The average molecular weight is 182 g/mol. The zero-order valence-electron chi connectivity index (χ0n) is 7.10. The lowest BCUT2D eigenvalue weighted by Crippen LogP contribution is -2.21. The molecule has 0 aromatic heterocycles. The van der Waals surface area contributed by atoms with E-state index in [2.05, 4.69) is 24.4 Å². The van der Waals surface area contributed by atoms with Crippen LogP contribution in [0.5, 0.6) is 0 Å². The Morgan fingerprint density at radius 3 is 3.17 bits per heavy atom. The Hall–Kier alpha value is -0.690. The van der Waals surface area contributed by atoms with Gasteiger partial charge in [-0.25, -0.2) is 0 Å². The molecule has 2 heteroatoms.